The second kappa shape index (κ2) is 9.90. The van der Waals surface area contributed by atoms with E-state index in [4.69, 9.17) is 4.74 Å². The number of aryl methyl sites for hydroxylation is 3. The highest BCUT2D eigenvalue weighted by Crippen LogP contribution is 2.44. The summed E-state index contributed by atoms with van der Waals surface area (Å²) >= 11 is 3.16. The van der Waals surface area contributed by atoms with Crippen LogP contribution in [-0.2, 0) is 14.3 Å². The van der Waals surface area contributed by atoms with Crippen LogP contribution in [0.2, 0.25) is 0 Å². The van der Waals surface area contributed by atoms with Gasteiger partial charge in [-0.05, 0) is 79.6 Å². The first-order valence-corrected chi connectivity index (χ1v) is 12.8. The fourth-order valence-corrected chi connectivity index (χ4v) is 5.34. The van der Waals surface area contributed by atoms with Crippen LogP contribution in [0.15, 0.2) is 48.0 Å². The lowest BCUT2D eigenvalue weighted by molar-refractivity contribution is -0.132. The zero-order valence-electron chi connectivity index (χ0n) is 19.6. The molecule has 1 unspecified atom stereocenters. The number of hydrogen-bond acceptors (Lipinski definition) is 7. The molecule has 180 valence electrons. The Morgan fingerprint density at radius 2 is 1.83 bits per heavy atom. The molecule has 0 spiro atoms. The predicted molar refractivity (Wildman–Crippen MR) is 143 cm³/mol. The Kier molecular flexibility index (Phi) is 7.09. The van der Waals surface area contributed by atoms with E-state index in [-0.39, 0.29) is 27.9 Å². The van der Waals surface area contributed by atoms with Crippen LogP contribution in [0.3, 0.4) is 0 Å². The van der Waals surface area contributed by atoms with Crippen LogP contribution in [0.4, 0.5) is 5.13 Å². The van der Waals surface area contributed by atoms with Gasteiger partial charge < -0.3 is 9.84 Å². The molecule has 1 aliphatic heterocycles. The van der Waals surface area contributed by atoms with Crippen molar-refractivity contribution in [2.24, 2.45) is 0 Å². The number of ether oxygens (including phenoxy) is 1. The van der Waals surface area contributed by atoms with Gasteiger partial charge in [0.2, 0.25) is 0 Å². The molecule has 0 saturated carbocycles. The number of aromatic nitrogens is 1. The van der Waals surface area contributed by atoms with Crippen molar-refractivity contribution < 1.29 is 24.2 Å². The van der Waals surface area contributed by atoms with Gasteiger partial charge in [0.1, 0.15) is 10.6 Å². The van der Waals surface area contributed by atoms with Gasteiger partial charge in [-0.25, -0.2) is 9.78 Å². The number of anilines is 1. The van der Waals surface area contributed by atoms with Gasteiger partial charge in [0, 0.05) is 9.13 Å². The van der Waals surface area contributed by atoms with Crippen molar-refractivity contribution in [1.29, 1.82) is 0 Å². The van der Waals surface area contributed by atoms with E-state index in [1.807, 2.05) is 50.2 Å². The summed E-state index contributed by atoms with van der Waals surface area (Å²) in [6.45, 7) is 7.28. The van der Waals surface area contributed by atoms with Crippen molar-refractivity contribution in [2.45, 2.75) is 33.7 Å². The molecule has 4 rings (SSSR count). The van der Waals surface area contributed by atoms with E-state index >= 15 is 0 Å². The molecule has 3 aromatic rings. The third kappa shape index (κ3) is 4.62. The zero-order valence-corrected chi connectivity index (χ0v) is 22.6. The molecule has 9 heteroatoms. The smallest absolute Gasteiger partial charge is 0.350 e. The van der Waals surface area contributed by atoms with Crippen LogP contribution in [0.5, 0.6) is 0 Å². The summed E-state index contributed by atoms with van der Waals surface area (Å²) in [5, 5.41) is 11.6. The molecule has 0 bridgehead atoms. The molecule has 1 saturated heterocycles. The number of aliphatic hydroxyl groups is 1. The quantitative estimate of drug-likeness (QED) is 0.137. The third-order valence-corrected chi connectivity index (χ3v) is 7.59. The minimum atomic E-state index is -0.910. The molecule has 1 aromatic heterocycles. The fraction of sp³-hybridized carbons (Fsp3) is 0.231. The lowest BCUT2D eigenvalue weighted by Crippen LogP contribution is -2.29. The minimum absolute atomic E-state index is 0.0181. The van der Waals surface area contributed by atoms with Crippen LogP contribution in [0.25, 0.3) is 5.76 Å². The van der Waals surface area contributed by atoms with E-state index < -0.39 is 23.7 Å². The van der Waals surface area contributed by atoms with Crippen LogP contribution in [0, 0.1) is 24.3 Å². The van der Waals surface area contributed by atoms with E-state index in [0.717, 1.165) is 26.0 Å². The number of esters is 1. The Morgan fingerprint density at radius 1 is 1.14 bits per heavy atom. The number of benzene rings is 2. The number of Topliss-reactive ketones (excluding diaryl/α,β-unsaturated/α-hetero) is 1. The lowest BCUT2D eigenvalue weighted by atomic mass is 9.93. The molecular formula is C26H23IN2O5S. The molecule has 7 nitrogen and oxygen atoms in total. The largest absolute Gasteiger partial charge is 0.507 e. The molecule has 1 atom stereocenters. The van der Waals surface area contributed by atoms with Gasteiger partial charge in [-0.3, -0.25) is 14.5 Å². The van der Waals surface area contributed by atoms with Crippen molar-refractivity contribution >= 4 is 62.5 Å². The number of hydrogen-bond donors (Lipinski definition) is 1. The monoisotopic (exact) mass is 602 g/mol. The second-order valence-electron chi connectivity index (χ2n) is 8.17. The van der Waals surface area contributed by atoms with Crippen LogP contribution in [0.1, 0.15) is 50.6 Å². The first-order valence-electron chi connectivity index (χ1n) is 10.9. The third-order valence-electron chi connectivity index (χ3n) is 5.73. The summed E-state index contributed by atoms with van der Waals surface area (Å²) in [5.41, 5.74) is 3.20. The highest BCUT2D eigenvalue weighted by Gasteiger charge is 2.48. The average Bonchev–Trinajstić information content (AvgIpc) is 3.33. The predicted octanol–water partition coefficient (Wildman–Crippen LogP) is 5.48. The highest BCUT2D eigenvalue weighted by molar-refractivity contribution is 14.1. The first kappa shape index (κ1) is 25.1. The second-order valence-corrected chi connectivity index (χ2v) is 10.4. The van der Waals surface area contributed by atoms with Gasteiger partial charge in [-0.1, -0.05) is 41.2 Å². The number of ketones is 1. The van der Waals surface area contributed by atoms with Gasteiger partial charge in [0.15, 0.2) is 5.13 Å². The van der Waals surface area contributed by atoms with Crippen molar-refractivity contribution in [2.75, 3.05) is 11.5 Å². The van der Waals surface area contributed by atoms with Gasteiger partial charge >= 0.3 is 11.9 Å². The van der Waals surface area contributed by atoms with Gasteiger partial charge in [0.05, 0.1) is 23.9 Å². The van der Waals surface area contributed by atoms with Gasteiger partial charge in [0.25, 0.3) is 5.78 Å². The molecule has 0 aliphatic carbocycles. The lowest BCUT2D eigenvalue weighted by Gasteiger charge is -2.23. The summed E-state index contributed by atoms with van der Waals surface area (Å²) in [6, 6.07) is 12.0. The first-order chi connectivity index (χ1) is 16.6. The number of amides is 1. The molecular weight excluding hydrogens is 579 g/mol. The normalized spacial score (nSPS) is 17.2. The Balaban J connectivity index is 1.94. The number of nitrogens with zero attached hydrogens (tertiary/aromatic N) is 2. The summed E-state index contributed by atoms with van der Waals surface area (Å²) in [7, 11) is 0. The highest BCUT2D eigenvalue weighted by atomic mass is 127. The molecule has 2 heterocycles. The maximum Gasteiger partial charge on any atom is 0.350 e. The number of rotatable bonds is 5. The van der Waals surface area contributed by atoms with Crippen LogP contribution >= 0.6 is 33.9 Å². The zero-order chi connectivity index (χ0) is 25.4. The van der Waals surface area contributed by atoms with Gasteiger partial charge in [-0.2, -0.15) is 0 Å². The number of halogens is 1. The van der Waals surface area contributed by atoms with E-state index in [1.54, 1.807) is 19.9 Å². The molecule has 1 fully saturated rings. The number of thiazole rings is 1. The average molecular weight is 602 g/mol. The minimum Gasteiger partial charge on any atom is -0.507 e. The summed E-state index contributed by atoms with van der Waals surface area (Å²) in [5.74, 6) is -2.40. The van der Waals surface area contributed by atoms with E-state index in [1.165, 1.54) is 4.90 Å². The Morgan fingerprint density at radius 3 is 2.49 bits per heavy atom. The molecule has 2 aromatic carbocycles. The molecule has 1 amide bonds. The van der Waals surface area contributed by atoms with Crippen molar-refractivity contribution in [3.63, 3.8) is 0 Å². The molecule has 1 aliphatic rings. The Labute approximate surface area is 220 Å². The fourth-order valence-electron chi connectivity index (χ4n) is 4.00. The summed E-state index contributed by atoms with van der Waals surface area (Å²) < 4.78 is 6.09. The van der Waals surface area contributed by atoms with E-state index in [9.17, 15) is 19.5 Å². The summed E-state index contributed by atoms with van der Waals surface area (Å²) in [4.78, 5) is 45.1. The van der Waals surface area contributed by atoms with E-state index in [0.29, 0.717) is 16.8 Å². The van der Waals surface area contributed by atoms with E-state index in [2.05, 4.69) is 27.6 Å². The SMILES string of the molecule is CCOC(=O)c1sc(N2C(=O)C(=O)/C(=C(/O)c3cc(C)ccc3C)C2c2ccc(I)cc2)nc1C. The molecule has 35 heavy (non-hydrogen) atoms. The van der Waals surface area contributed by atoms with Crippen molar-refractivity contribution in [3.8, 4) is 0 Å². The van der Waals surface area contributed by atoms with Crippen LogP contribution in [-0.4, -0.2) is 34.4 Å². The Bertz CT molecular complexity index is 1380. The topological polar surface area (TPSA) is 96.8 Å². The number of aliphatic hydroxyl groups excluding tert-OH is 1. The van der Waals surface area contributed by atoms with Crippen LogP contribution < -0.4 is 4.90 Å². The number of carbonyl (C=O) groups is 3. The summed E-state index contributed by atoms with van der Waals surface area (Å²) in [6.07, 6.45) is 0. The molecule has 0 radical (unpaired) electrons. The number of carbonyl (C=O) groups excluding carboxylic acids is 3. The maximum atomic E-state index is 13.4. The molecule has 1 N–H and O–H groups in total. The van der Waals surface area contributed by atoms with Crippen molar-refractivity contribution in [1.82, 2.24) is 4.98 Å². The van der Waals surface area contributed by atoms with Gasteiger partial charge in [-0.15, -0.1) is 0 Å². The maximum absolute atomic E-state index is 13.4. The Hall–Kier alpha value is -3.05. The standard InChI is InChI=1S/C26H23IN2O5S/c1-5-34-25(33)23-15(4)28-26(35-23)29-20(16-8-10-17(27)11-9-16)19(22(31)24(29)32)21(30)18-12-13(2)6-7-14(18)3/h6-12,20,30H,5H2,1-4H3/b21-19+. The van der Waals surface area contributed by atoms with Crippen molar-refractivity contribution in [3.05, 3.63) is 84.4 Å².